The van der Waals surface area contributed by atoms with Crippen molar-refractivity contribution in [2.75, 3.05) is 80.7 Å². The monoisotopic (exact) mass is 387 g/mol. The molecule has 2 fully saturated rings. The van der Waals surface area contributed by atoms with Crippen LogP contribution in [0.5, 0.6) is 0 Å². The number of rotatable bonds is 6. The molecular weight excluding hydrogens is 361 g/mol. The Hall–Kier alpha value is -2.52. The van der Waals surface area contributed by atoms with Gasteiger partial charge in [0, 0.05) is 58.0 Å². The molecule has 0 saturated carbocycles. The lowest BCUT2D eigenvalue weighted by Crippen LogP contribution is -2.47. The highest BCUT2D eigenvalue weighted by Gasteiger charge is 2.20. The van der Waals surface area contributed by atoms with Crippen molar-refractivity contribution in [1.29, 1.82) is 0 Å². The minimum Gasteiger partial charge on any atom is -0.379 e. The lowest BCUT2D eigenvalue weighted by atomic mass is 10.2. The van der Waals surface area contributed by atoms with Gasteiger partial charge in [-0.05, 0) is 24.3 Å². The highest BCUT2D eigenvalue weighted by Crippen LogP contribution is 2.19. The zero-order valence-corrected chi connectivity index (χ0v) is 15.9. The van der Waals surface area contributed by atoms with Crippen molar-refractivity contribution >= 4 is 17.5 Å². The summed E-state index contributed by atoms with van der Waals surface area (Å²) in [4.78, 5) is 11.4. The molecule has 2 aliphatic rings. The van der Waals surface area contributed by atoms with Crippen LogP contribution in [0.4, 0.5) is 21.8 Å². The zero-order valence-electron chi connectivity index (χ0n) is 15.9. The second-order valence-electron chi connectivity index (χ2n) is 6.97. The molecule has 1 aromatic heterocycles. The molecule has 0 radical (unpaired) electrons. The Labute approximate surface area is 164 Å². The molecule has 0 bridgehead atoms. The summed E-state index contributed by atoms with van der Waals surface area (Å²) in [7, 11) is 0. The summed E-state index contributed by atoms with van der Waals surface area (Å²) in [6.45, 7) is 8.63. The number of morpholine rings is 1. The number of hydrogen-bond donors (Lipinski definition) is 1. The minimum absolute atomic E-state index is 0.209. The van der Waals surface area contributed by atoms with Crippen molar-refractivity contribution in [3.63, 3.8) is 0 Å². The Morgan fingerprint density at radius 2 is 1.68 bits per heavy atom. The number of aromatic nitrogens is 3. The van der Waals surface area contributed by atoms with Gasteiger partial charge in [-0.1, -0.05) is 0 Å². The third-order valence-corrected chi connectivity index (χ3v) is 5.14. The number of hydrogen-bond acceptors (Lipinski definition) is 8. The predicted molar refractivity (Wildman–Crippen MR) is 106 cm³/mol. The molecule has 0 spiro atoms. The van der Waals surface area contributed by atoms with Crippen LogP contribution in [-0.2, 0) is 4.74 Å². The van der Waals surface area contributed by atoms with Crippen molar-refractivity contribution in [2.45, 2.75) is 0 Å². The number of piperazine rings is 1. The van der Waals surface area contributed by atoms with E-state index in [1.165, 1.54) is 12.1 Å². The lowest BCUT2D eigenvalue weighted by Gasteiger charge is -2.36. The van der Waals surface area contributed by atoms with Gasteiger partial charge in [0.1, 0.15) is 5.82 Å². The average molecular weight is 387 g/mol. The maximum atomic E-state index is 13.1. The van der Waals surface area contributed by atoms with Crippen molar-refractivity contribution in [2.24, 2.45) is 0 Å². The van der Waals surface area contributed by atoms with Gasteiger partial charge in [0.25, 0.3) is 0 Å². The summed E-state index contributed by atoms with van der Waals surface area (Å²) in [6, 6.07) is 6.64. The molecule has 4 rings (SSSR count). The molecule has 2 aromatic rings. The van der Waals surface area contributed by atoms with Crippen molar-refractivity contribution in [3.05, 3.63) is 36.3 Å². The predicted octanol–water partition coefficient (Wildman–Crippen LogP) is 1.08. The Morgan fingerprint density at radius 1 is 0.964 bits per heavy atom. The van der Waals surface area contributed by atoms with Gasteiger partial charge in [0.15, 0.2) is 5.82 Å². The maximum absolute atomic E-state index is 13.1. The molecule has 0 unspecified atom stereocenters. The van der Waals surface area contributed by atoms with Gasteiger partial charge in [0.05, 0.1) is 19.4 Å². The van der Waals surface area contributed by atoms with Crippen molar-refractivity contribution < 1.29 is 9.13 Å². The van der Waals surface area contributed by atoms with E-state index in [0.29, 0.717) is 5.95 Å². The number of anilines is 3. The summed E-state index contributed by atoms with van der Waals surface area (Å²) >= 11 is 0. The molecule has 1 aromatic carbocycles. The van der Waals surface area contributed by atoms with E-state index in [1.54, 1.807) is 6.20 Å². The van der Waals surface area contributed by atoms with Crippen LogP contribution in [0.15, 0.2) is 30.5 Å². The van der Waals surface area contributed by atoms with Crippen LogP contribution in [0.25, 0.3) is 0 Å². The highest BCUT2D eigenvalue weighted by atomic mass is 19.1. The first-order valence-corrected chi connectivity index (χ1v) is 9.77. The fourth-order valence-corrected chi connectivity index (χ4v) is 3.50. The molecule has 0 amide bonds. The number of nitrogens with zero attached hydrogens (tertiary/aromatic N) is 6. The van der Waals surface area contributed by atoms with Gasteiger partial charge in [0.2, 0.25) is 5.95 Å². The van der Waals surface area contributed by atoms with Crippen LogP contribution in [-0.4, -0.2) is 85.7 Å². The second-order valence-corrected chi connectivity index (χ2v) is 6.97. The van der Waals surface area contributed by atoms with Crippen LogP contribution >= 0.6 is 0 Å². The number of nitrogens with one attached hydrogen (secondary N) is 1. The fourth-order valence-electron chi connectivity index (χ4n) is 3.50. The highest BCUT2D eigenvalue weighted by molar-refractivity contribution is 5.48. The Kier molecular flexibility index (Phi) is 6.13. The van der Waals surface area contributed by atoms with Crippen LogP contribution in [0.3, 0.4) is 0 Å². The first-order chi connectivity index (χ1) is 13.8. The molecular formula is C19H26FN7O. The Morgan fingerprint density at radius 3 is 2.43 bits per heavy atom. The average Bonchev–Trinajstić information content (AvgIpc) is 2.75. The molecule has 150 valence electrons. The van der Waals surface area contributed by atoms with E-state index in [1.807, 2.05) is 12.1 Å². The van der Waals surface area contributed by atoms with E-state index in [2.05, 4.69) is 35.2 Å². The number of halogens is 1. The molecule has 2 aliphatic heterocycles. The SMILES string of the molecule is Fc1ccc(N2CCN(c3nncc(NCCN4CCOCC4)n3)CC2)cc1. The third-order valence-electron chi connectivity index (χ3n) is 5.14. The summed E-state index contributed by atoms with van der Waals surface area (Å²) in [6.07, 6.45) is 1.66. The van der Waals surface area contributed by atoms with Crippen LogP contribution in [0.2, 0.25) is 0 Å². The van der Waals surface area contributed by atoms with Gasteiger partial charge in [-0.3, -0.25) is 4.90 Å². The molecule has 2 saturated heterocycles. The number of ether oxygens (including phenoxy) is 1. The van der Waals surface area contributed by atoms with Gasteiger partial charge in [-0.2, -0.15) is 10.1 Å². The fraction of sp³-hybridized carbons (Fsp3) is 0.526. The molecule has 9 heteroatoms. The third kappa shape index (κ3) is 4.85. The smallest absolute Gasteiger partial charge is 0.247 e. The summed E-state index contributed by atoms with van der Waals surface area (Å²) in [5, 5.41) is 11.6. The van der Waals surface area contributed by atoms with Crippen LogP contribution in [0.1, 0.15) is 0 Å². The summed E-state index contributed by atoms with van der Waals surface area (Å²) in [5.41, 5.74) is 1.04. The Balaban J connectivity index is 1.27. The second kappa shape index (κ2) is 9.11. The molecule has 28 heavy (non-hydrogen) atoms. The molecule has 0 aliphatic carbocycles. The molecule has 8 nitrogen and oxygen atoms in total. The van der Waals surface area contributed by atoms with E-state index in [-0.39, 0.29) is 5.82 Å². The van der Waals surface area contributed by atoms with Crippen molar-refractivity contribution in [1.82, 2.24) is 20.1 Å². The first-order valence-electron chi connectivity index (χ1n) is 9.77. The van der Waals surface area contributed by atoms with Crippen LogP contribution in [0, 0.1) is 5.82 Å². The standard InChI is InChI=1S/C19H26FN7O/c20-16-1-3-17(4-2-16)26-7-9-27(10-8-26)19-23-18(15-22-24-19)21-5-6-25-11-13-28-14-12-25/h1-4,15H,5-14H2,(H,21,23,24). The minimum atomic E-state index is -0.209. The number of benzene rings is 1. The summed E-state index contributed by atoms with van der Waals surface area (Å²) < 4.78 is 18.5. The molecule has 3 heterocycles. The summed E-state index contributed by atoms with van der Waals surface area (Å²) in [5.74, 6) is 1.19. The van der Waals surface area contributed by atoms with E-state index >= 15 is 0 Å². The van der Waals surface area contributed by atoms with E-state index < -0.39 is 0 Å². The van der Waals surface area contributed by atoms with E-state index in [0.717, 1.165) is 77.1 Å². The lowest BCUT2D eigenvalue weighted by molar-refractivity contribution is 0.0398. The first kappa shape index (κ1) is 18.8. The van der Waals surface area contributed by atoms with Crippen molar-refractivity contribution in [3.8, 4) is 0 Å². The maximum Gasteiger partial charge on any atom is 0.247 e. The zero-order chi connectivity index (χ0) is 19.2. The van der Waals surface area contributed by atoms with Gasteiger partial charge < -0.3 is 19.9 Å². The molecule has 0 atom stereocenters. The Bertz CT molecular complexity index is 746. The van der Waals surface area contributed by atoms with Crippen LogP contribution < -0.4 is 15.1 Å². The largest absolute Gasteiger partial charge is 0.379 e. The topological polar surface area (TPSA) is 69.7 Å². The van der Waals surface area contributed by atoms with Gasteiger partial charge in [-0.15, -0.1) is 5.10 Å². The van der Waals surface area contributed by atoms with E-state index in [4.69, 9.17) is 4.74 Å². The van der Waals surface area contributed by atoms with E-state index in [9.17, 15) is 4.39 Å². The quantitative estimate of drug-likeness (QED) is 0.790. The van der Waals surface area contributed by atoms with Gasteiger partial charge >= 0.3 is 0 Å². The van der Waals surface area contributed by atoms with Gasteiger partial charge in [-0.25, -0.2) is 4.39 Å². The normalized spacial score (nSPS) is 18.3. The molecule has 1 N–H and O–H groups in total.